The summed E-state index contributed by atoms with van der Waals surface area (Å²) in [5.74, 6) is 2.24. The maximum atomic E-state index is 4.69. The molecular formula is C16H20IN3. The van der Waals surface area contributed by atoms with Gasteiger partial charge in [0.25, 0.3) is 0 Å². The highest BCUT2D eigenvalue weighted by molar-refractivity contribution is 14.1. The predicted molar refractivity (Wildman–Crippen MR) is 93.2 cm³/mol. The maximum Gasteiger partial charge on any atom is 0.161 e. The molecule has 106 valence electrons. The Hall–Kier alpha value is -1.17. The van der Waals surface area contributed by atoms with E-state index in [1.807, 2.05) is 7.05 Å². The van der Waals surface area contributed by atoms with Crippen molar-refractivity contribution in [2.75, 3.05) is 12.4 Å². The van der Waals surface area contributed by atoms with Gasteiger partial charge in [0, 0.05) is 12.6 Å². The summed E-state index contributed by atoms with van der Waals surface area (Å²) in [6.07, 6.45) is 0.909. The highest BCUT2D eigenvalue weighted by Crippen LogP contribution is 2.25. The van der Waals surface area contributed by atoms with Crippen LogP contribution in [0.5, 0.6) is 0 Å². The zero-order valence-corrected chi connectivity index (χ0v) is 14.5. The van der Waals surface area contributed by atoms with Crippen LogP contribution >= 0.6 is 22.6 Å². The van der Waals surface area contributed by atoms with E-state index in [-0.39, 0.29) is 0 Å². The minimum Gasteiger partial charge on any atom is -0.372 e. The number of hydrogen-bond acceptors (Lipinski definition) is 3. The Morgan fingerprint density at radius 2 is 1.80 bits per heavy atom. The van der Waals surface area contributed by atoms with Crippen molar-refractivity contribution in [2.45, 2.75) is 33.1 Å². The van der Waals surface area contributed by atoms with E-state index in [2.05, 4.69) is 82.9 Å². The van der Waals surface area contributed by atoms with Crippen molar-refractivity contribution in [3.8, 4) is 11.4 Å². The third kappa shape index (κ3) is 3.11. The van der Waals surface area contributed by atoms with E-state index in [4.69, 9.17) is 0 Å². The molecule has 1 aromatic carbocycles. The number of halogens is 1. The average molecular weight is 381 g/mol. The topological polar surface area (TPSA) is 37.8 Å². The quantitative estimate of drug-likeness (QED) is 0.794. The SMILES string of the molecule is CCc1nc(-c2ccc(C(C)C)cc2)nc(NC)c1I. The average Bonchev–Trinajstić information content (AvgIpc) is 2.47. The van der Waals surface area contributed by atoms with Crippen molar-refractivity contribution < 1.29 is 0 Å². The van der Waals surface area contributed by atoms with Gasteiger partial charge in [0.05, 0.1) is 9.26 Å². The van der Waals surface area contributed by atoms with Gasteiger partial charge in [-0.15, -0.1) is 0 Å². The minimum atomic E-state index is 0.542. The van der Waals surface area contributed by atoms with Gasteiger partial charge in [-0.05, 0) is 40.5 Å². The molecule has 20 heavy (non-hydrogen) atoms. The Morgan fingerprint density at radius 3 is 2.30 bits per heavy atom. The van der Waals surface area contributed by atoms with Crippen LogP contribution < -0.4 is 5.32 Å². The van der Waals surface area contributed by atoms with Crippen LogP contribution in [0.25, 0.3) is 11.4 Å². The van der Waals surface area contributed by atoms with Gasteiger partial charge in [0.15, 0.2) is 5.82 Å². The van der Waals surface area contributed by atoms with Gasteiger partial charge in [0.2, 0.25) is 0 Å². The monoisotopic (exact) mass is 381 g/mol. The van der Waals surface area contributed by atoms with Crippen molar-refractivity contribution in [1.82, 2.24) is 9.97 Å². The van der Waals surface area contributed by atoms with E-state index in [9.17, 15) is 0 Å². The highest BCUT2D eigenvalue weighted by atomic mass is 127. The molecule has 0 aliphatic heterocycles. The zero-order chi connectivity index (χ0) is 14.7. The number of benzene rings is 1. The van der Waals surface area contributed by atoms with Gasteiger partial charge < -0.3 is 5.32 Å². The lowest BCUT2D eigenvalue weighted by molar-refractivity contribution is 0.866. The molecule has 0 unspecified atom stereocenters. The largest absolute Gasteiger partial charge is 0.372 e. The number of anilines is 1. The molecule has 1 aromatic heterocycles. The van der Waals surface area contributed by atoms with Crippen LogP contribution in [0.2, 0.25) is 0 Å². The first-order chi connectivity index (χ1) is 9.56. The van der Waals surface area contributed by atoms with E-state index in [0.29, 0.717) is 5.92 Å². The van der Waals surface area contributed by atoms with Gasteiger partial charge in [-0.1, -0.05) is 45.0 Å². The number of aryl methyl sites for hydroxylation is 1. The standard InChI is InChI=1S/C16H20IN3/c1-5-13-14(17)16(18-4)20-15(19-13)12-8-6-11(7-9-12)10(2)3/h6-10H,5H2,1-4H3,(H,18,19,20). The second-order valence-corrected chi connectivity index (χ2v) is 6.12. The molecule has 0 aliphatic rings. The molecule has 0 radical (unpaired) electrons. The van der Waals surface area contributed by atoms with Crippen molar-refractivity contribution >= 4 is 28.4 Å². The molecule has 0 spiro atoms. The normalized spacial score (nSPS) is 10.9. The lowest BCUT2D eigenvalue weighted by Gasteiger charge is -2.11. The van der Waals surface area contributed by atoms with Crippen LogP contribution in [0.15, 0.2) is 24.3 Å². The molecule has 0 aliphatic carbocycles. The molecule has 0 saturated heterocycles. The van der Waals surface area contributed by atoms with Crippen molar-refractivity contribution in [2.24, 2.45) is 0 Å². The minimum absolute atomic E-state index is 0.542. The van der Waals surface area contributed by atoms with Crippen LogP contribution in [0.3, 0.4) is 0 Å². The number of rotatable bonds is 4. The molecule has 0 amide bonds. The van der Waals surface area contributed by atoms with Gasteiger partial charge in [-0.25, -0.2) is 9.97 Å². The fourth-order valence-corrected chi connectivity index (χ4v) is 2.93. The highest BCUT2D eigenvalue weighted by Gasteiger charge is 2.11. The third-order valence-electron chi connectivity index (χ3n) is 3.33. The van der Waals surface area contributed by atoms with Gasteiger partial charge >= 0.3 is 0 Å². The van der Waals surface area contributed by atoms with E-state index >= 15 is 0 Å². The van der Waals surface area contributed by atoms with Crippen LogP contribution in [0, 0.1) is 3.57 Å². The summed E-state index contributed by atoms with van der Waals surface area (Å²) >= 11 is 2.30. The second kappa shape index (κ2) is 6.52. The van der Waals surface area contributed by atoms with Crippen LogP contribution in [0.4, 0.5) is 5.82 Å². The maximum absolute atomic E-state index is 4.69. The number of aromatic nitrogens is 2. The first kappa shape index (κ1) is 15.2. The van der Waals surface area contributed by atoms with Crippen molar-refractivity contribution in [1.29, 1.82) is 0 Å². The van der Waals surface area contributed by atoms with Crippen LogP contribution in [0.1, 0.15) is 37.9 Å². The molecule has 4 heteroatoms. The summed E-state index contributed by atoms with van der Waals surface area (Å²) in [5, 5.41) is 3.15. The van der Waals surface area contributed by atoms with Crippen LogP contribution in [-0.4, -0.2) is 17.0 Å². The van der Waals surface area contributed by atoms with Crippen LogP contribution in [-0.2, 0) is 6.42 Å². The third-order valence-corrected chi connectivity index (χ3v) is 4.46. The number of nitrogens with zero attached hydrogens (tertiary/aromatic N) is 2. The molecule has 0 atom stereocenters. The molecular weight excluding hydrogens is 361 g/mol. The van der Waals surface area contributed by atoms with Crippen molar-refractivity contribution in [3.05, 3.63) is 39.1 Å². The molecule has 2 aromatic rings. The Bertz CT molecular complexity index is 566. The van der Waals surface area contributed by atoms with E-state index in [0.717, 1.165) is 32.9 Å². The summed E-state index contributed by atoms with van der Waals surface area (Å²) in [5.41, 5.74) is 3.49. The van der Waals surface area contributed by atoms with E-state index in [1.54, 1.807) is 0 Å². The predicted octanol–water partition coefficient (Wildman–Crippen LogP) is 4.48. The zero-order valence-electron chi connectivity index (χ0n) is 12.4. The number of nitrogens with one attached hydrogen (secondary N) is 1. The van der Waals surface area contributed by atoms with E-state index < -0.39 is 0 Å². The molecule has 2 rings (SSSR count). The molecule has 0 saturated carbocycles. The summed E-state index contributed by atoms with van der Waals surface area (Å²) < 4.78 is 1.11. The summed E-state index contributed by atoms with van der Waals surface area (Å²) in [4.78, 5) is 9.30. The van der Waals surface area contributed by atoms with Crippen molar-refractivity contribution in [3.63, 3.8) is 0 Å². The lowest BCUT2D eigenvalue weighted by atomic mass is 10.0. The number of hydrogen-bond donors (Lipinski definition) is 1. The summed E-state index contributed by atoms with van der Waals surface area (Å²) in [6, 6.07) is 8.53. The van der Waals surface area contributed by atoms with E-state index in [1.165, 1.54) is 5.56 Å². The molecule has 0 bridgehead atoms. The molecule has 1 N–H and O–H groups in total. The fourth-order valence-electron chi connectivity index (χ4n) is 2.04. The first-order valence-corrected chi connectivity index (χ1v) is 7.99. The Balaban J connectivity index is 2.46. The lowest BCUT2D eigenvalue weighted by Crippen LogP contribution is -2.04. The molecule has 0 fully saturated rings. The molecule has 3 nitrogen and oxygen atoms in total. The van der Waals surface area contributed by atoms with Gasteiger partial charge in [0.1, 0.15) is 5.82 Å². The Kier molecular flexibility index (Phi) is 4.96. The smallest absolute Gasteiger partial charge is 0.161 e. The second-order valence-electron chi connectivity index (χ2n) is 5.04. The first-order valence-electron chi connectivity index (χ1n) is 6.91. The van der Waals surface area contributed by atoms with Gasteiger partial charge in [-0.2, -0.15) is 0 Å². The Labute approximate surface area is 134 Å². The Morgan fingerprint density at radius 1 is 1.15 bits per heavy atom. The fraction of sp³-hybridized carbons (Fsp3) is 0.375. The van der Waals surface area contributed by atoms with Gasteiger partial charge in [-0.3, -0.25) is 0 Å². The summed E-state index contributed by atoms with van der Waals surface area (Å²) in [7, 11) is 1.90. The molecule has 1 heterocycles. The summed E-state index contributed by atoms with van der Waals surface area (Å²) in [6.45, 7) is 6.52.